The Morgan fingerprint density at radius 3 is 2.61 bits per heavy atom. The summed E-state index contributed by atoms with van der Waals surface area (Å²) in [6.45, 7) is 2.04. The van der Waals surface area contributed by atoms with Crippen molar-refractivity contribution in [2.45, 2.75) is 13.3 Å². The predicted molar refractivity (Wildman–Crippen MR) is 72.4 cm³/mol. The van der Waals surface area contributed by atoms with Crippen LogP contribution < -0.4 is 5.73 Å². The monoisotopic (exact) mass is 238 g/mol. The van der Waals surface area contributed by atoms with Crippen molar-refractivity contribution >= 4 is 16.8 Å². The zero-order chi connectivity index (χ0) is 12.5. The number of para-hydroxylation sites is 1. The Morgan fingerprint density at radius 2 is 1.89 bits per heavy atom. The lowest BCUT2D eigenvalue weighted by Crippen LogP contribution is -1.89. The molecule has 0 radical (unpaired) electrons. The van der Waals surface area contributed by atoms with Crippen molar-refractivity contribution in [1.29, 1.82) is 0 Å². The molecule has 0 saturated heterocycles. The normalized spacial score (nSPS) is 10.9. The van der Waals surface area contributed by atoms with Gasteiger partial charge in [0.1, 0.15) is 5.52 Å². The van der Waals surface area contributed by atoms with E-state index in [1.54, 1.807) is 0 Å². The topological polar surface area (TPSA) is 52.0 Å². The van der Waals surface area contributed by atoms with Crippen LogP contribution in [0.4, 0.5) is 5.69 Å². The lowest BCUT2D eigenvalue weighted by molar-refractivity contribution is 0.544. The number of fused-ring (bicyclic) bond motifs is 1. The minimum Gasteiger partial charge on any atom is -0.440 e. The summed E-state index contributed by atoms with van der Waals surface area (Å²) in [4.78, 5) is 4.53. The van der Waals surface area contributed by atoms with Gasteiger partial charge in [-0.25, -0.2) is 4.98 Å². The van der Waals surface area contributed by atoms with Gasteiger partial charge in [-0.05, 0) is 36.2 Å². The molecule has 0 aliphatic rings. The first kappa shape index (κ1) is 10.8. The molecule has 0 saturated carbocycles. The molecule has 1 aromatic heterocycles. The van der Waals surface area contributed by atoms with E-state index in [2.05, 4.69) is 4.98 Å². The van der Waals surface area contributed by atoms with E-state index in [-0.39, 0.29) is 0 Å². The molecular formula is C15H14N2O. The molecule has 2 N–H and O–H groups in total. The SMILES string of the molecule is Cc1cccc2oc(Cc3ccc(N)cc3)nc12. The van der Waals surface area contributed by atoms with Gasteiger partial charge in [0.05, 0.1) is 0 Å². The molecular weight excluding hydrogens is 224 g/mol. The quantitative estimate of drug-likeness (QED) is 0.697. The molecule has 18 heavy (non-hydrogen) atoms. The summed E-state index contributed by atoms with van der Waals surface area (Å²) in [5.41, 5.74) is 10.5. The number of benzene rings is 2. The van der Waals surface area contributed by atoms with E-state index in [4.69, 9.17) is 10.2 Å². The summed E-state index contributed by atoms with van der Waals surface area (Å²) in [5, 5.41) is 0. The number of nitrogens with zero attached hydrogens (tertiary/aromatic N) is 1. The van der Waals surface area contributed by atoms with E-state index >= 15 is 0 Å². The predicted octanol–water partition coefficient (Wildman–Crippen LogP) is 3.31. The number of hydrogen-bond acceptors (Lipinski definition) is 3. The van der Waals surface area contributed by atoms with Gasteiger partial charge in [-0.1, -0.05) is 24.3 Å². The van der Waals surface area contributed by atoms with Crippen LogP contribution in [-0.4, -0.2) is 4.98 Å². The smallest absolute Gasteiger partial charge is 0.199 e. The number of aryl methyl sites for hydroxylation is 1. The van der Waals surface area contributed by atoms with Gasteiger partial charge in [-0.2, -0.15) is 0 Å². The van der Waals surface area contributed by atoms with Gasteiger partial charge in [-0.3, -0.25) is 0 Å². The lowest BCUT2D eigenvalue weighted by Gasteiger charge is -1.97. The Morgan fingerprint density at radius 1 is 1.11 bits per heavy atom. The Kier molecular flexibility index (Phi) is 2.52. The molecule has 1 heterocycles. The number of oxazole rings is 1. The number of nitrogen functional groups attached to an aromatic ring is 1. The van der Waals surface area contributed by atoms with E-state index in [1.807, 2.05) is 49.4 Å². The molecule has 0 aliphatic heterocycles. The zero-order valence-corrected chi connectivity index (χ0v) is 10.2. The van der Waals surface area contributed by atoms with Gasteiger partial charge >= 0.3 is 0 Å². The van der Waals surface area contributed by atoms with Crippen molar-refractivity contribution in [1.82, 2.24) is 4.98 Å². The maximum absolute atomic E-state index is 5.74. The minimum absolute atomic E-state index is 0.689. The molecule has 3 heteroatoms. The largest absolute Gasteiger partial charge is 0.440 e. The highest BCUT2D eigenvalue weighted by atomic mass is 16.3. The number of nitrogens with two attached hydrogens (primary N) is 1. The van der Waals surface area contributed by atoms with Crippen LogP contribution in [0.25, 0.3) is 11.1 Å². The summed E-state index contributed by atoms with van der Waals surface area (Å²) in [6, 6.07) is 13.7. The Balaban J connectivity index is 1.95. The number of aromatic nitrogens is 1. The molecule has 0 spiro atoms. The van der Waals surface area contributed by atoms with Crippen LogP contribution in [0.15, 0.2) is 46.9 Å². The molecule has 0 atom stereocenters. The van der Waals surface area contributed by atoms with Crippen LogP contribution in [0.5, 0.6) is 0 Å². The first-order valence-corrected chi connectivity index (χ1v) is 5.92. The Labute approximate surface area is 105 Å². The van der Waals surface area contributed by atoms with Crippen LogP contribution in [0.1, 0.15) is 17.0 Å². The maximum atomic E-state index is 5.74. The fourth-order valence-corrected chi connectivity index (χ4v) is 2.02. The molecule has 90 valence electrons. The minimum atomic E-state index is 0.689. The highest BCUT2D eigenvalue weighted by Crippen LogP contribution is 2.20. The molecule has 0 amide bonds. The maximum Gasteiger partial charge on any atom is 0.199 e. The fraction of sp³-hybridized carbons (Fsp3) is 0.133. The third-order valence-corrected chi connectivity index (χ3v) is 3.00. The lowest BCUT2D eigenvalue weighted by atomic mass is 10.1. The van der Waals surface area contributed by atoms with Crippen molar-refractivity contribution in [2.75, 3.05) is 5.73 Å². The van der Waals surface area contributed by atoms with Crippen LogP contribution in [-0.2, 0) is 6.42 Å². The van der Waals surface area contributed by atoms with Gasteiger partial charge in [0.2, 0.25) is 0 Å². The molecule has 3 aromatic rings. The van der Waals surface area contributed by atoms with Crippen molar-refractivity contribution in [3.63, 3.8) is 0 Å². The van der Waals surface area contributed by atoms with E-state index in [0.29, 0.717) is 6.42 Å². The molecule has 0 unspecified atom stereocenters. The molecule has 0 fully saturated rings. The average Bonchev–Trinajstić information content (AvgIpc) is 2.76. The second kappa shape index (κ2) is 4.18. The van der Waals surface area contributed by atoms with Crippen LogP contribution in [0, 0.1) is 6.92 Å². The Hall–Kier alpha value is -2.29. The van der Waals surface area contributed by atoms with Crippen molar-refractivity contribution in [2.24, 2.45) is 0 Å². The third kappa shape index (κ3) is 1.95. The van der Waals surface area contributed by atoms with Crippen molar-refractivity contribution < 1.29 is 4.42 Å². The van der Waals surface area contributed by atoms with E-state index < -0.39 is 0 Å². The second-order valence-electron chi connectivity index (χ2n) is 4.45. The highest BCUT2D eigenvalue weighted by Gasteiger charge is 2.07. The molecule has 3 rings (SSSR count). The van der Waals surface area contributed by atoms with Crippen molar-refractivity contribution in [3.05, 3.63) is 59.5 Å². The molecule has 0 aliphatic carbocycles. The molecule has 2 aromatic carbocycles. The number of rotatable bonds is 2. The standard InChI is InChI=1S/C15H14N2O/c1-10-3-2-4-13-15(10)17-14(18-13)9-11-5-7-12(16)8-6-11/h2-8H,9,16H2,1H3. The summed E-state index contributed by atoms with van der Waals surface area (Å²) in [5.74, 6) is 0.740. The third-order valence-electron chi connectivity index (χ3n) is 3.00. The van der Waals surface area contributed by atoms with Gasteiger partial charge in [-0.15, -0.1) is 0 Å². The van der Waals surface area contributed by atoms with Gasteiger partial charge in [0.25, 0.3) is 0 Å². The summed E-state index contributed by atoms with van der Waals surface area (Å²) in [7, 11) is 0. The second-order valence-corrected chi connectivity index (χ2v) is 4.45. The van der Waals surface area contributed by atoms with Crippen LogP contribution in [0.2, 0.25) is 0 Å². The van der Waals surface area contributed by atoms with E-state index in [9.17, 15) is 0 Å². The van der Waals surface area contributed by atoms with Gasteiger partial charge < -0.3 is 10.2 Å². The summed E-state index contributed by atoms with van der Waals surface area (Å²) >= 11 is 0. The number of hydrogen-bond donors (Lipinski definition) is 1. The highest BCUT2D eigenvalue weighted by molar-refractivity contribution is 5.76. The van der Waals surface area contributed by atoms with Gasteiger partial charge in [0, 0.05) is 12.1 Å². The first-order chi connectivity index (χ1) is 8.72. The van der Waals surface area contributed by atoms with Gasteiger partial charge in [0.15, 0.2) is 11.5 Å². The molecule has 0 bridgehead atoms. The van der Waals surface area contributed by atoms with E-state index in [1.165, 1.54) is 0 Å². The van der Waals surface area contributed by atoms with Crippen LogP contribution >= 0.6 is 0 Å². The van der Waals surface area contributed by atoms with Crippen molar-refractivity contribution in [3.8, 4) is 0 Å². The molecule has 3 nitrogen and oxygen atoms in total. The average molecular weight is 238 g/mol. The fourth-order valence-electron chi connectivity index (χ4n) is 2.02. The number of anilines is 1. The zero-order valence-electron chi connectivity index (χ0n) is 10.2. The van der Waals surface area contributed by atoms with E-state index in [0.717, 1.165) is 33.8 Å². The summed E-state index contributed by atoms with van der Waals surface area (Å²) in [6.07, 6.45) is 0.689. The Bertz CT molecular complexity index is 683. The van der Waals surface area contributed by atoms with Crippen LogP contribution in [0.3, 0.4) is 0 Å². The summed E-state index contributed by atoms with van der Waals surface area (Å²) < 4.78 is 5.74. The first-order valence-electron chi connectivity index (χ1n) is 5.92.